The van der Waals surface area contributed by atoms with Crippen LogP contribution in [0.15, 0.2) is 31.1 Å². The second-order valence-electron chi connectivity index (χ2n) is 5.18. The molecule has 0 aromatic carbocycles. The van der Waals surface area contributed by atoms with Gasteiger partial charge in [0.25, 0.3) is 0 Å². The van der Waals surface area contributed by atoms with Gasteiger partial charge in [-0.05, 0) is 18.9 Å². The van der Waals surface area contributed by atoms with Gasteiger partial charge in [0.1, 0.15) is 11.5 Å². The Labute approximate surface area is 122 Å². The summed E-state index contributed by atoms with van der Waals surface area (Å²) in [6.07, 6.45) is 7.45. The van der Waals surface area contributed by atoms with Crippen LogP contribution < -0.4 is 4.90 Å². The molecule has 1 N–H and O–H groups in total. The van der Waals surface area contributed by atoms with Crippen LogP contribution in [0, 0.1) is 5.41 Å². The third-order valence-electron chi connectivity index (χ3n) is 3.84. The van der Waals surface area contributed by atoms with Gasteiger partial charge in [-0.3, -0.25) is 10.2 Å². The number of fused-ring (bicyclic) bond motifs is 1. The molecule has 2 aromatic heterocycles. The molecule has 2 aromatic rings. The van der Waals surface area contributed by atoms with E-state index in [4.69, 9.17) is 5.41 Å². The Kier molecular flexibility index (Phi) is 3.29. The minimum absolute atomic E-state index is 0.0589. The van der Waals surface area contributed by atoms with Crippen molar-refractivity contribution >= 4 is 23.0 Å². The van der Waals surface area contributed by atoms with Gasteiger partial charge < -0.3 is 4.90 Å². The Hall–Kier alpha value is -2.50. The topological polar surface area (TPSA) is 74.3 Å². The first-order valence-electron chi connectivity index (χ1n) is 6.95. The number of rotatable bonds is 4. The molecule has 0 saturated carbocycles. The summed E-state index contributed by atoms with van der Waals surface area (Å²) in [6, 6.07) is 2.20. The summed E-state index contributed by atoms with van der Waals surface area (Å²) in [6.45, 7) is 6.19. The number of ketones is 1. The molecule has 6 heteroatoms. The Balaban J connectivity index is 2.06. The van der Waals surface area contributed by atoms with E-state index in [0.29, 0.717) is 17.3 Å². The van der Waals surface area contributed by atoms with Crippen LogP contribution >= 0.6 is 0 Å². The number of aromatic nitrogens is 3. The lowest BCUT2D eigenvalue weighted by molar-refractivity contribution is -0.111. The molecule has 0 bridgehead atoms. The molecule has 3 heterocycles. The van der Waals surface area contributed by atoms with E-state index in [1.54, 1.807) is 4.52 Å². The lowest BCUT2D eigenvalue weighted by atomic mass is 10.1. The molecular formula is C15H17N5O. The van der Waals surface area contributed by atoms with Crippen molar-refractivity contribution in [2.75, 3.05) is 11.4 Å². The second kappa shape index (κ2) is 5.12. The van der Waals surface area contributed by atoms with Gasteiger partial charge in [-0.25, -0.2) is 9.50 Å². The fourth-order valence-electron chi connectivity index (χ4n) is 2.71. The molecule has 1 fully saturated rings. The number of carbonyl (C=O) groups is 1. The summed E-state index contributed by atoms with van der Waals surface area (Å²) >= 11 is 0. The highest BCUT2D eigenvalue weighted by Crippen LogP contribution is 2.25. The number of nitrogens with one attached hydrogen (secondary N) is 1. The first-order valence-corrected chi connectivity index (χ1v) is 6.95. The van der Waals surface area contributed by atoms with Crippen LogP contribution in [0.25, 0.3) is 5.65 Å². The van der Waals surface area contributed by atoms with Crippen molar-refractivity contribution in [1.82, 2.24) is 14.6 Å². The van der Waals surface area contributed by atoms with Crippen LogP contribution in [0.4, 0.5) is 5.82 Å². The third-order valence-corrected chi connectivity index (χ3v) is 3.84. The van der Waals surface area contributed by atoms with Crippen LogP contribution in [0.2, 0.25) is 0 Å². The Bertz CT molecular complexity index is 733. The van der Waals surface area contributed by atoms with E-state index in [1.165, 1.54) is 13.1 Å². The predicted molar refractivity (Wildman–Crippen MR) is 81.1 cm³/mol. The van der Waals surface area contributed by atoms with Crippen LogP contribution in [-0.4, -0.2) is 38.7 Å². The Morgan fingerprint density at radius 2 is 2.38 bits per heavy atom. The van der Waals surface area contributed by atoms with Gasteiger partial charge in [0.05, 0.1) is 11.8 Å². The molecule has 0 unspecified atom stereocenters. The molecule has 3 rings (SSSR count). The smallest absolute Gasteiger partial charge is 0.178 e. The number of hydrogen-bond acceptors (Lipinski definition) is 5. The van der Waals surface area contributed by atoms with Crippen LogP contribution in [-0.2, 0) is 4.79 Å². The molecule has 1 atom stereocenters. The molecule has 0 spiro atoms. The average Bonchev–Trinajstić information content (AvgIpc) is 3.11. The summed E-state index contributed by atoms with van der Waals surface area (Å²) in [5.74, 6) is 0.547. The van der Waals surface area contributed by atoms with Crippen LogP contribution in [0.5, 0.6) is 0 Å². The molecule has 0 radical (unpaired) electrons. The number of hydrogen-bond donors (Lipinski definition) is 1. The highest BCUT2D eigenvalue weighted by atomic mass is 16.1. The summed E-state index contributed by atoms with van der Waals surface area (Å²) in [7, 11) is 0. The van der Waals surface area contributed by atoms with E-state index in [-0.39, 0.29) is 11.5 Å². The van der Waals surface area contributed by atoms with E-state index in [0.717, 1.165) is 25.2 Å². The summed E-state index contributed by atoms with van der Waals surface area (Å²) in [4.78, 5) is 18.2. The zero-order chi connectivity index (χ0) is 15.0. The minimum Gasteiger partial charge on any atom is -0.350 e. The SMILES string of the molecule is C=C[C@H]1CCCN1c1ccn2ncc(C(=N)C(C)=O)c2n1. The van der Waals surface area contributed by atoms with Gasteiger partial charge in [-0.15, -0.1) is 6.58 Å². The Morgan fingerprint density at radius 3 is 3.10 bits per heavy atom. The molecular weight excluding hydrogens is 266 g/mol. The monoisotopic (exact) mass is 283 g/mol. The van der Waals surface area contributed by atoms with Crippen molar-refractivity contribution < 1.29 is 4.79 Å². The van der Waals surface area contributed by atoms with Crippen molar-refractivity contribution in [2.24, 2.45) is 0 Å². The van der Waals surface area contributed by atoms with E-state index in [9.17, 15) is 4.79 Å². The van der Waals surface area contributed by atoms with E-state index in [1.807, 2.05) is 18.3 Å². The normalized spacial score (nSPS) is 18.1. The largest absolute Gasteiger partial charge is 0.350 e. The highest BCUT2D eigenvalue weighted by Gasteiger charge is 2.24. The zero-order valence-corrected chi connectivity index (χ0v) is 11.9. The quantitative estimate of drug-likeness (QED) is 0.686. The summed E-state index contributed by atoms with van der Waals surface area (Å²) in [5, 5.41) is 12.0. The first-order chi connectivity index (χ1) is 10.1. The van der Waals surface area contributed by atoms with Gasteiger partial charge >= 0.3 is 0 Å². The van der Waals surface area contributed by atoms with E-state index < -0.39 is 0 Å². The number of nitrogens with zero attached hydrogens (tertiary/aromatic N) is 4. The summed E-state index contributed by atoms with van der Waals surface area (Å²) < 4.78 is 1.59. The van der Waals surface area contributed by atoms with Crippen molar-refractivity contribution in [3.8, 4) is 0 Å². The van der Waals surface area contributed by atoms with Gasteiger partial charge in [0.2, 0.25) is 0 Å². The van der Waals surface area contributed by atoms with Gasteiger partial charge in [-0.2, -0.15) is 5.10 Å². The van der Waals surface area contributed by atoms with Gasteiger partial charge in [-0.1, -0.05) is 6.08 Å². The molecule has 1 saturated heterocycles. The van der Waals surface area contributed by atoms with E-state index >= 15 is 0 Å². The maximum Gasteiger partial charge on any atom is 0.178 e. The highest BCUT2D eigenvalue weighted by molar-refractivity contribution is 6.45. The lowest BCUT2D eigenvalue weighted by Crippen LogP contribution is -2.28. The zero-order valence-electron chi connectivity index (χ0n) is 11.9. The van der Waals surface area contributed by atoms with Gasteiger partial charge in [0.15, 0.2) is 11.4 Å². The molecule has 21 heavy (non-hydrogen) atoms. The van der Waals surface area contributed by atoms with Crippen LogP contribution in [0.3, 0.4) is 0 Å². The maximum absolute atomic E-state index is 11.4. The number of Topliss-reactive ketones (excluding diaryl/α,β-unsaturated/α-hetero) is 1. The first kappa shape index (κ1) is 13.5. The third kappa shape index (κ3) is 2.22. The number of anilines is 1. The Morgan fingerprint density at radius 1 is 1.57 bits per heavy atom. The molecule has 0 amide bonds. The molecule has 108 valence electrons. The number of carbonyl (C=O) groups excluding carboxylic acids is 1. The average molecular weight is 283 g/mol. The molecule has 1 aliphatic rings. The molecule has 0 aliphatic carbocycles. The lowest BCUT2D eigenvalue weighted by Gasteiger charge is -2.23. The standard InChI is InChI=1S/C15H17N5O/c1-3-11-5-4-7-19(11)13-6-8-20-15(18-13)12(9-17-20)14(16)10(2)21/h3,6,8-9,11,16H,1,4-5,7H2,2H3/t11-/m0/s1. The molecule has 1 aliphatic heterocycles. The van der Waals surface area contributed by atoms with Crippen LogP contribution in [0.1, 0.15) is 25.3 Å². The van der Waals surface area contributed by atoms with Crippen molar-refractivity contribution in [2.45, 2.75) is 25.8 Å². The predicted octanol–water partition coefficient (Wildman–Crippen LogP) is 1.84. The minimum atomic E-state index is -0.290. The maximum atomic E-state index is 11.4. The fourth-order valence-corrected chi connectivity index (χ4v) is 2.71. The summed E-state index contributed by atoms with van der Waals surface area (Å²) in [5.41, 5.74) is 0.956. The van der Waals surface area contributed by atoms with Crippen molar-refractivity contribution in [3.05, 3.63) is 36.7 Å². The van der Waals surface area contributed by atoms with Crippen molar-refractivity contribution in [1.29, 1.82) is 5.41 Å². The van der Waals surface area contributed by atoms with E-state index in [2.05, 4.69) is 21.6 Å². The fraction of sp³-hybridized carbons (Fsp3) is 0.333. The van der Waals surface area contributed by atoms with Crippen molar-refractivity contribution in [3.63, 3.8) is 0 Å². The molecule has 6 nitrogen and oxygen atoms in total. The van der Waals surface area contributed by atoms with Gasteiger partial charge in [0, 0.05) is 25.7 Å². The second-order valence-corrected chi connectivity index (χ2v) is 5.18.